The number of hydrogen-bond donors (Lipinski definition) is 2. The number of morpholine rings is 1. The van der Waals surface area contributed by atoms with E-state index in [1.165, 1.54) is 0 Å². The second-order valence-electron chi connectivity index (χ2n) is 7.96. The number of nitrogens with zero attached hydrogens (tertiary/aromatic N) is 3. The van der Waals surface area contributed by atoms with Crippen LogP contribution in [-0.4, -0.2) is 60.2 Å². The quantitative estimate of drug-likeness (QED) is 0.418. The minimum atomic E-state index is -0.109. The van der Waals surface area contributed by atoms with Gasteiger partial charge in [0.25, 0.3) is 5.91 Å². The molecule has 8 heteroatoms. The Bertz CT molecular complexity index is 1310. The van der Waals surface area contributed by atoms with Crippen molar-refractivity contribution in [2.45, 2.75) is 0 Å². The molecule has 0 saturated carbocycles. The molecule has 1 saturated heterocycles. The number of ether oxygens (including phenoxy) is 1. The molecule has 0 radical (unpaired) electrons. The Morgan fingerprint density at radius 3 is 2.79 bits per heavy atom. The Morgan fingerprint density at radius 1 is 1.06 bits per heavy atom. The van der Waals surface area contributed by atoms with Crippen LogP contribution in [0.25, 0.3) is 21.7 Å². The molecule has 0 aliphatic carbocycles. The first kappa shape index (κ1) is 21.6. The summed E-state index contributed by atoms with van der Waals surface area (Å²) in [5, 5.41) is 9.87. The third-order valence-corrected chi connectivity index (χ3v) is 6.00. The van der Waals surface area contributed by atoms with E-state index >= 15 is 0 Å². The zero-order valence-electron chi connectivity index (χ0n) is 18.1. The summed E-state index contributed by atoms with van der Waals surface area (Å²) in [4.78, 5) is 24.2. The van der Waals surface area contributed by atoms with Crippen LogP contribution in [-0.2, 0) is 4.74 Å². The molecule has 2 aromatic heterocycles. The molecule has 1 aliphatic rings. The summed E-state index contributed by atoms with van der Waals surface area (Å²) >= 11 is 6.15. The highest BCUT2D eigenvalue weighted by molar-refractivity contribution is 6.30. The molecule has 5 rings (SSSR count). The first-order chi connectivity index (χ1) is 16.2. The molecule has 2 aromatic carbocycles. The van der Waals surface area contributed by atoms with E-state index in [-0.39, 0.29) is 5.91 Å². The maximum atomic E-state index is 12.8. The smallest absolute Gasteiger partial charge is 0.251 e. The van der Waals surface area contributed by atoms with Crippen LogP contribution in [0.3, 0.4) is 0 Å². The van der Waals surface area contributed by atoms with Crippen molar-refractivity contribution in [1.82, 2.24) is 20.2 Å². The molecular weight excluding hydrogens is 438 g/mol. The maximum Gasteiger partial charge on any atom is 0.251 e. The van der Waals surface area contributed by atoms with Gasteiger partial charge in [-0.1, -0.05) is 23.7 Å². The van der Waals surface area contributed by atoms with Gasteiger partial charge in [-0.2, -0.15) is 0 Å². The normalized spacial score (nSPS) is 14.5. The van der Waals surface area contributed by atoms with Crippen LogP contribution >= 0.6 is 11.6 Å². The van der Waals surface area contributed by atoms with E-state index < -0.39 is 0 Å². The molecule has 1 fully saturated rings. The van der Waals surface area contributed by atoms with Crippen molar-refractivity contribution in [2.24, 2.45) is 0 Å². The molecule has 1 amide bonds. The van der Waals surface area contributed by atoms with Gasteiger partial charge in [0.05, 0.1) is 18.7 Å². The van der Waals surface area contributed by atoms with Gasteiger partial charge in [0.15, 0.2) is 0 Å². The number of benzene rings is 2. The number of carbonyl (C=O) groups is 1. The Kier molecular flexibility index (Phi) is 6.35. The van der Waals surface area contributed by atoms with E-state index in [1.54, 1.807) is 6.20 Å². The zero-order valence-corrected chi connectivity index (χ0v) is 18.8. The predicted octanol–water partition coefficient (Wildman–Crippen LogP) is 4.24. The lowest BCUT2D eigenvalue weighted by Gasteiger charge is -2.26. The number of hydrogen-bond acceptors (Lipinski definition) is 6. The van der Waals surface area contributed by atoms with E-state index in [0.717, 1.165) is 60.2 Å². The molecule has 0 unspecified atom stereocenters. The first-order valence-corrected chi connectivity index (χ1v) is 11.3. The molecular formula is C25H24ClN5O2. The summed E-state index contributed by atoms with van der Waals surface area (Å²) < 4.78 is 5.37. The number of rotatable bonds is 6. The summed E-state index contributed by atoms with van der Waals surface area (Å²) in [6, 6.07) is 15.0. The van der Waals surface area contributed by atoms with Crippen LogP contribution in [0.4, 0.5) is 11.5 Å². The minimum Gasteiger partial charge on any atom is -0.379 e. The Morgan fingerprint density at radius 2 is 1.94 bits per heavy atom. The topological polar surface area (TPSA) is 79.4 Å². The minimum absolute atomic E-state index is 0.109. The zero-order chi connectivity index (χ0) is 22.6. The number of fused-ring (bicyclic) bond motifs is 3. The third-order valence-electron chi connectivity index (χ3n) is 5.76. The van der Waals surface area contributed by atoms with E-state index in [9.17, 15) is 4.79 Å². The second-order valence-corrected chi connectivity index (χ2v) is 8.40. The highest BCUT2D eigenvalue weighted by Crippen LogP contribution is 2.31. The lowest BCUT2D eigenvalue weighted by atomic mass is 10.1. The van der Waals surface area contributed by atoms with Crippen molar-refractivity contribution in [3.8, 4) is 0 Å². The average molecular weight is 462 g/mol. The number of pyridine rings is 2. The number of amides is 1. The van der Waals surface area contributed by atoms with Gasteiger partial charge < -0.3 is 15.4 Å². The van der Waals surface area contributed by atoms with E-state index in [0.29, 0.717) is 22.9 Å². The fraction of sp³-hybridized carbons (Fsp3) is 0.240. The van der Waals surface area contributed by atoms with E-state index in [1.807, 2.05) is 54.7 Å². The molecule has 1 aliphatic heterocycles. The number of nitrogens with one attached hydrogen (secondary N) is 2. The first-order valence-electron chi connectivity index (χ1n) is 11.0. The third kappa shape index (κ3) is 4.90. The molecule has 3 heterocycles. The molecule has 0 spiro atoms. The van der Waals surface area contributed by atoms with Crippen LogP contribution in [0.5, 0.6) is 0 Å². The second kappa shape index (κ2) is 9.70. The number of aromatic nitrogens is 2. The largest absolute Gasteiger partial charge is 0.379 e. The molecule has 2 N–H and O–H groups in total. The van der Waals surface area contributed by atoms with Gasteiger partial charge >= 0.3 is 0 Å². The van der Waals surface area contributed by atoms with Crippen molar-refractivity contribution in [3.63, 3.8) is 0 Å². The van der Waals surface area contributed by atoms with Gasteiger partial charge in [-0.15, -0.1) is 0 Å². The van der Waals surface area contributed by atoms with Gasteiger partial charge in [0.2, 0.25) is 0 Å². The van der Waals surface area contributed by atoms with Crippen LogP contribution < -0.4 is 10.6 Å². The molecule has 168 valence electrons. The van der Waals surface area contributed by atoms with Crippen molar-refractivity contribution in [2.75, 3.05) is 44.7 Å². The highest BCUT2D eigenvalue weighted by Gasteiger charge is 2.14. The van der Waals surface area contributed by atoms with Gasteiger partial charge in [0, 0.05) is 71.0 Å². The van der Waals surface area contributed by atoms with Crippen LogP contribution in [0, 0.1) is 0 Å². The lowest BCUT2D eigenvalue weighted by molar-refractivity contribution is 0.0383. The number of anilines is 2. The van der Waals surface area contributed by atoms with Gasteiger partial charge in [-0.25, -0.2) is 4.98 Å². The van der Waals surface area contributed by atoms with E-state index in [2.05, 4.69) is 20.5 Å². The summed E-state index contributed by atoms with van der Waals surface area (Å²) in [6.45, 7) is 4.70. The van der Waals surface area contributed by atoms with Crippen LogP contribution in [0.15, 0.2) is 60.9 Å². The van der Waals surface area contributed by atoms with Crippen molar-refractivity contribution >= 4 is 50.7 Å². The van der Waals surface area contributed by atoms with Crippen molar-refractivity contribution in [3.05, 3.63) is 71.5 Å². The molecule has 0 atom stereocenters. The summed E-state index contributed by atoms with van der Waals surface area (Å²) in [7, 11) is 0. The maximum absolute atomic E-state index is 12.8. The number of carbonyl (C=O) groups excluding carboxylic acids is 1. The molecule has 7 nitrogen and oxygen atoms in total. The van der Waals surface area contributed by atoms with Crippen molar-refractivity contribution in [1.29, 1.82) is 0 Å². The predicted molar refractivity (Wildman–Crippen MR) is 131 cm³/mol. The Hall–Kier alpha value is -3.26. The fourth-order valence-corrected chi connectivity index (χ4v) is 4.23. The average Bonchev–Trinajstić information content (AvgIpc) is 2.84. The summed E-state index contributed by atoms with van der Waals surface area (Å²) in [5.41, 5.74) is 2.14. The SMILES string of the molecule is O=C(NCCN1CCOCC1)c1ccc2c(c1)nc(Nc1cccc(Cl)c1)c1ccncc12. The highest BCUT2D eigenvalue weighted by atomic mass is 35.5. The van der Waals surface area contributed by atoms with E-state index in [4.69, 9.17) is 21.3 Å². The van der Waals surface area contributed by atoms with Crippen molar-refractivity contribution < 1.29 is 9.53 Å². The standard InChI is InChI=1S/C25H24ClN5O2/c26-18-2-1-3-19(15-18)29-24-21-6-7-27-16-22(21)20-5-4-17(14-23(20)30-24)25(32)28-8-9-31-10-12-33-13-11-31/h1-7,14-16H,8-13H2,(H,28,32)(H,29,30). The van der Waals surface area contributed by atoms with Crippen LogP contribution in [0.1, 0.15) is 10.4 Å². The summed E-state index contributed by atoms with van der Waals surface area (Å²) in [5.74, 6) is 0.578. The van der Waals surface area contributed by atoms with Gasteiger partial charge in [0.1, 0.15) is 5.82 Å². The molecule has 4 aromatic rings. The van der Waals surface area contributed by atoms with Crippen LogP contribution in [0.2, 0.25) is 5.02 Å². The number of halogens is 1. The lowest BCUT2D eigenvalue weighted by Crippen LogP contribution is -2.41. The Balaban J connectivity index is 1.41. The summed E-state index contributed by atoms with van der Waals surface area (Å²) in [6.07, 6.45) is 3.57. The molecule has 0 bridgehead atoms. The monoisotopic (exact) mass is 461 g/mol. The van der Waals surface area contributed by atoms with Gasteiger partial charge in [-0.05, 0) is 36.4 Å². The Labute approximate surface area is 196 Å². The van der Waals surface area contributed by atoms with Gasteiger partial charge in [-0.3, -0.25) is 14.7 Å². The molecule has 33 heavy (non-hydrogen) atoms. The fourth-order valence-electron chi connectivity index (χ4n) is 4.04.